The van der Waals surface area contributed by atoms with Crippen LogP contribution in [0.5, 0.6) is 0 Å². The number of nitrogens with zero attached hydrogens (tertiary/aromatic N) is 2. The summed E-state index contributed by atoms with van der Waals surface area (Å²) in [7, 11) is 0. The third-order valence-corrected chi connectivity index (χ3v) is 4.43. The zero-order valence-electron chi connectivity index (χ0n) is 12.5. The minimum atomic E-state index is 0.0969. The van der Waals surface area contributed by atoms with Gasteiger partial charge in [-0.15, -0.1) is 0 Å². The first-order valence-electron chi connectivity index (χ1n) is 7.71. The van der Waals surface area contributed by atoms with Crippen LogP contribution in [0.2, 0.25) is 0 Å². The molecule has 0 amide bonds. The van der Waals surface area contributed by atoms with E-state index in [0.29, 0.717) is 6.04 Å². The molecule has 1 aliphatic rings. The van der Waals surface area contributed by atoms with E-state index >= 15 is 0 Å². The normalized spacial score (nSPS) is 15.5. The van der Waals surface area contributed by atoms with Gasteiger partial charge in [0, 0.05) is 24.2 Å². The molecule has 1 fully saturated rings. The number of anilines is 1. The molecule has 1 aromatic heterocycles. The molecule has 0 unspecified atom stereocenters. The van der Waals surface area contributed by atoms with Crippen molar-refractivity contribution in [3.05, 3.63) is 36.0 Å². The minimum Gasteiger partial charge on any atom is -0.384 e. The summed E-state index contributed by atoms with van der Waals surface area (Å²) in [5.41, 5.74) is 8.62. The zero-order valence-corrected chi connectivity index (χ0v) is 12.5. The number of hydrogen-bond donors (Lipinski definition) is 2. The van der Waals surface area contributed by atoms with Gasteiger partial charge in [-0.3, -0.25) is 10.4 Å². The number of fused-ring (bicyclic) bond motifs is 1. The SMILES string of the molecule is CCN(c1c(C(=N)N)cnc2ccccc12)C1CCCC1. The number of hydrogen-bond acceptors (Lipinski definition) is 3. The molecule has 0 saturated heterocycles. The van der Waals surface area contributed by atoms with E-state index in [4.69, 9.17) is 11.1 Å². The van der Waals surface area contributed by atoms with Crippen molar-refractivity contribution in [1.82, 2.24) is 4.98 Å². The molecule has 3 rings (SSSR count). The van der Waals surface area contributed by atoms with E-state index in [-0.39, 0.29) is 5.84 Å². The Morgan fingerprint density at radius 2 is 2.05 bits per heavy atom. The van der Waals surface area contributed by atoms with Gasteiger partial charge < -0.3 is 10.6 Å². The smallest absolute Gasteiger partial charge is 0.126 e. The minimum absolute atomic E-state index is 0.0969. The topological polar surface area (TPSA) is 66.0 Å². The third-order valence-electron chi connectivity index (χ3n) is 4.43. The van der Waals surface area contributed by atoms with Crippen LogP contribution in [0.25, 0.3) is 10.9 Å². The number of aromatic nitrogens is 1. The van der Waals surface area contributed by atoms with Crippen molar-refractivity contribution in [1.29, 1.82) is 5.41 Å². The van der Waals surface area contributed by atoms with Crippen molar-refractivity contribution in [2.45, 2.75) is 38.6 Å². The average Bonchev–Trinajstić information content (AvgIpc) is 3.02. The van der Waals surface area contributed by atoms with Crippen LogP contribution in [-0.4, -0.2) is 23.4 Å². The van der Waals surface area contributed by atoms with Crippen molar-refractivity contribution in [3.8, 4) is 0 Å². The van der Waals surface area contributed by atoms with Crippen molar-refractivity contribution < 1.29 is 0 Å². The number of amidine groups is 1. The Labute approximate surface area is 125 Å². The summed E-state index contributed by atoms with van der Waals surface area (Å²) >= 11 is 0. The Balaban J connectivity index is 2.21. The largest absolute Gasteiger partial charge is 0.384 e. The van der Waals surface area contributed by atoms with Gasteiger partial charge in [0.2, 0.25) is 0 Å². The first-order valence-corrected chi connectivity index (χ1v) is 7.71. The lowest BCUT2D eigenvalue weighted by molar-refractivity contribution is 0.621. The predicted molar refractivity (Wildman–Crippen MR) is 88.0 cm³/mol. The highest BCUT2D eigenvalue weighted by molar-refractivity contribution is 6.07. The molecule has 1 aromatic carbocycles. The Bertz CT molecular complexity index is 659. The van der Waals surface area contributed by atoms with E-state index in [1.165, 1.54) is 25.7 Å². The van der Waals surface area contributed by atoms with Crippen molar-refractivity contribution >= 4 is 22.4 Å². The molecule has 4 heteroatoms. The molecule has 0 spiro atoms. The third kappa shape index (κ3) is 2.46. The monoisotopic (exact) mass is 282 g/mol. The van der Waals surface area contributed by atoms with Crippen molar-refractivity contribution in [3.63, 3.8) is 0 Å². The van der Waals surface area contributed by atoms with E-state index in [1.807, 2.05) is 18.2 Å². The van der Waals surface area contributed by atoms with Crippen LogP contribution < -0.4 is 10.6 Å². The summed E-state index contributed by atoms with van der Waals surface area (Å²) in [6.45, 7) is 3.11. The van der Waals surface area contributed by atoms with Crippen LogP contribution in [0.3, 0.4) is 0 Å². The standard InChI is InChI=1S/C17H22N4/c1-2-21(12-7-3-4-8-12)16-13-9-5-6-10-15(13)20-11-14(16)17(18)19/h5-6,9-12H,2-4,7-8H2,1H3,(H3,18,19). The van der Waals surface area contributed by atoms with Crippen LogP contribution in [0.1, 0.15) is 38.2 Å². The molecule has 110 valence electrons. The first-order chi connectivity index (χ1) is 10.2. The number of para-hydroxylation sites is 1. The van der Waals surface area contributed by atoms with Gasteiger partial charge in [0.1, 0.15) is 5.84 Å². The van der Waals surface area contributed by atoms with Gasteiger partial charge in [-0.1, -0.05) is 31.0 Å². The number of nitrogens with one attached hydrogen (secondary N) is 1. The van der Waals surface area contributed by atoms with Gasteiger partial charge in [0.05, 0.1) is 16.8 Å². The summed E-state index contributed by atoms with van der Waals surface area (Å²) < 4.78 is 0. The van der Waals surface area contributed by atoms with Crippen LogP contribution in [0.15, 0.2) is 30.5 Å². The van der Waals surface area contributed by atoms with Gasteiger partial charge in [0.25, 0.3) is 0 Å². The molecule has 1 saturated carbocycles. The summed E-state index contributed by atoms with van der Waals surface area (Å²) in [6, 6.07) is 8.68. The molecular weight excluding hydrogens is 260 g/mol. The zero-order chi connectivity index (χ0) is 14.8. The van der Waals surface area contributed by atoms with E-state index in [0.717, 1.165) is 28.7 Å². The second-order valence-corrected chi connectivity index (χ2v) is 5.68. The number of rotatable bonds is 4. The van der Waals surface area contributed by atoms with Gasteiger partial charge in [-0.25, -0.2) is 0 Å². The molecule has 4 nitrogen and oxygen atoms in total. The van der Waals surface area contributed by atoms with Gasteiger partial charge >= 0.3 is 0 Å². The van der Waals surface area contributed by atoms with E-state index < -0.39 is 0 Å². The molecule has 2 aromatic rings. The fraction of sp³-hybridized carbons (Fsp3) is 0.412. The van der Waals surface area contributed by atoms with E-state index in [2.05, 4.69) is 22.9 Å². The lowest BCUT2D eigenvalue weighted by atomic mass is 10.0. The fourth-order valence-electron chi connectivity index (χ4n) is 3.45. The fourth-order valence-corrected chi connectivity index (χ4v) is 3.45. The van der Waals surface area contributed by atoms with Crippen LogP contribution >= 0.6 is 0 Å². The molecule has 21 heavy (non-hydrogen) atoms. The average molecular weight is 282 g/mol. The Morgan fingerprint density at radius 1 is 1.33 bits per heavy atom. The summed E-state index contributed by atoms with van der Waals surface area (Å²) in [5.74, 6) is 0.0969. The second-order valence-electron chi connectivity index (χ2n) is 5.68. The summed E-state index contributed by atoms with van der Waals surface area (Å²) in [6.07, 6.45) is 6.78. The summed E-state index contributed by atoms with van der Waals surface area (Å²) in [5, 5.41) is 9.00. The number of benzene rings is 1. The first kappa shape index (κ1) is 13.9. The number of nitrogens with two attached hydrogens (primary N) is 1. The molecular formula is C17H22N4. The van der Waals surface area contributed by atoms with Crippen molar-refractivity contribution in [2.24, 2.45) is 5.73 Å². The molecule has 1 heterocycles. The Kier molecular flexibility index (Phi) is 3.78. The van der Waals surface area contributed by atoms with Crippen LogP contribution in [0, 0.1) is 5.41 Å². The Morgan fingerprint density at radius 3 is 2.71 bits per heavy atom. The molecule has 1 aliphatic carbocycles. The van der Waals surface area contributed by atoms with Crippen molar-refractivity contribution in [2.75, 3.05) is 11.4 Å². The van der Waals surface area contributed by atoms with Crippen LogP contribution in [0.4, 0.5) is 5.69 Å². The molecule has 0 aliphatic heterocycles. The lowest BCUT2D eigenvalue weighted by Gasteiger charge is -2.32. The Hall–Kier alpha value is -2.10. The van der Waals surface area contributed by atoms with Gasteiger partial charge in [0.15, 0.2) is 0 Å². The second kappa shape index (κ2) is 5.72. The molecule has 0 atom stereocenters. The maximum absolute atomic E-state index is 7.90. The van der Waals surface area contributed by atoms with Gasteiger partial charge in [-0.2, -0.15) is 0 Å². The maximum Gasteiger partial charge on any atom is 0.126 e. The molecule has 0 bridgehead atoms. The van der Waals surface area contributed by atoms with E-state index in [9.17, 15) is 0 Å². The molecule has 3 N–H and O–H groups in total. The lowest BCUT2D eigenvalue weighted by Crippen LogP contribution is -2.35. The predicted octanol–water partition coefficient (Wildman–Crippen LogP) is 3.29. The molecule has 0 radical (unpaired) electrons. The summed E-state index contributed by atoms with van der Waals surface area (Å²) in [4.78, 5) is 6.88. The quantitative estimate of drug-likeness (QED) is 0.668. The van der Waals surface area contributed by atoms with Crippen LogP contribution in [-0.2, 0) is 0 Å². The highest BCUT2D eigenvalue weighted by Gasteiger charge is 2.25. The highest BCUT2D eigenvalue weighted by atomic mass is 15.2. The number of nitrogen functional groups attached to an aromatic ring is 1. The maximum atomic E-state index is 7.90. The highest BCUT2D eigenvalue weighted by Crippen LogP contribution is 2.34. The number of pyridine rings is 1. The van der Waals surface area contributed by atoms with Gasteiger partial charge in [-0.05, 0) is 25.8 Å². The van der Waals surface area contributed by atoms with E-state index in [1.54, 1.807) is 6.20 Å².